The maximum Gasteiger partial charge on any atom is 0.337 e. The average Bonchev–Trinajstić information content (AvgIpc) is 2.35. The SMILES string of the molecule is C=C(C)C(=O)OC(CC)(CO)n1c(=O)[nH]c(=O)[nH]c1=O. The van der Waals surface area contributed by atoms with Crippen LogP contribution < -0.4 is 17.1 Å². The first-order valence-electron chi connectivity index (χ1n) is 5.73. The first-order valence-corrected chi connectivity index (χ1v) is 5.73. The number of hydrogen-bond donors (Lipinski definition) is 3. The van der Waals surface area contributed by atoms with Crippen LogP contribution in [0.1, 0.15) is 20.3 Å². The molecule has 1 atom stereocenters. The molecule has 0 saturated carbocycles. The lowest BCUT2D eigenvalue weighted by molar-refractivity contribution is -0.178. The molecule has 1 unspecified atom stereocenters. The second-order valence-electron chi connectivity index (χ2n) is 4.15. The van der Waals surface area contributed by atoms with Gasteiger partial charge in [0.25, 0.3) is 0 Å². The summed E-state index contributed by atoms with van der Waals surface area (Å²) < 4.78 is 5.47. The van der Waals surface area contributed by atoms with Gasteiger partial charge < -0.3 is 9.84 Å². The fourth-order valence-corrected chi connectivity index (χ4v) is 1.55. The van der Waals surface area contributed by atoms with Crippen LogP contribution in [0, 0.1) is 0 Å². The fourth-order valence-electron chi connectivity index (χ4n) is 1.55. The Bertz CT molecular complexity index is 657. The van der Waals surface area contributed by atoms with Crippen LogP contribution in [0.15, 0.2) is 26.5 Å². The van der Waals surface area contributed by atoms with E-state index >= 15 is 0 Å². The van der Waals surface area contributed by atoms with Gasteiger partial charge in [0.1, 0.15) is 6.61 Å². The molecule has 0 aliphatic heterocycles. The van der Waals surface area contributed by atoms with Crippen molar-refractivity contribution in [3.63, 3.8) is 0 Å². The molecule has 3 N–H and O–H groups in total. The highest BCUT2D eigenvalue weighted by molar-refractivity contribution is 5.87. The molecular weight excluding hydrogens is 270 g/mol. The Morgan fingerprint density at radius 3 is 2.20 bits per heavy atom. The number of aromatic nitrogens is 3. The lowest BCUT2D eigenvalue weighted by Gasteiger charge is -2.30. The average molecular weight is 285 g/mol. The summed E-state index contributed by atoms with van der Waals surface area (Å²) in [4.78, 5) is 49.7. The Balaban J connectivity index is 3.53. The Labute approximate surface area is 112 Å². The topological polar surface area (TPSA) is 134 Å². The van der Waals surface area contributed by atoms with Crippen LogP contribution in [-0.2, 0) is 15.3 Å². The van der Waals surface area contributed by atoms with Gasteiger partial charge in [-0.05, 0) is 6.92 Å². The van der Waals surface area contributed by atoms with Crippen molar-refractivity contribution < 1.29 is 14.6 Å². The van der Waals surface area contributed by atoms with Crippen LogP contribution in [0.4, 0.5) is 0 Å². The zero-order valence-corrected chi connectivity index (χ0v) is 11.1. The molecule has 0 spiro atoms. The van der Waals surface area contributed by atoms with Gasteiger partial charge in [-0.2, -0.15) is 0 Å². The molecule has 0 amide bonds. The number of nitrogens with zero attached hydrogens (tertiary/aromatic N) is 1. The maximum absolute atomic E-state index is 11.7. The van der Waals surface area contributed by atoms with E-state index in [0.717, 1.165) is 0 Å². The van der Waals surface area contributed by atoms with Gasteiger partial charge >= 0.3 is 23.0 Å². The molecule has 1 aromatic heterocycles. The number of esters is 1. The summed E-state index contributed by atoms with van der Waals surface area (Å²) in [6.45, 7) is 5.43. The van der Waals surface area contributed by atoms with E-state index in [1.54, 1.807) is 0 Å². The Hall–Kier alpha value is -2.42. The highest BCUT2D eigenvalue weighted by atomic mass is 16.6. The molecule has 20 heavy (non-hydrogen) atoms. The van der Waals surface area contributed by atoms with Crippen LogP contribution in [-0.4, -0.2) is 32.2 Å². The molecule has 0 radical (unpaired) electrons. The van der Waals surface area contributed by atoms with Crippen LogP contribution in [0.2, 0.25) is 0 Å². The molecule has 0 aromatic carbocycles. The number of H-pyrrole nitrogens is 2. The van der Waals surface area contributed by atoms with E-state index < -0.39 is 35.4 Å². The smallest absolute Gasteiger partial charge is 0.337 e. The number of carbonyl (C=O) groups excluding carboxylic acids is 1. The Morgan fingerprint density at radius 2 is 1.85 bits per heavy atom. The predicted molar refractivity (Wildman–Crippen MR) is 68.2 cm³/mol. The summed E-state index contributed by atoms with van der Waals surface area (Å²) in [5.74, 6) is -0.876. The third-order valence-electron chi connectivity index (χ3n) is 2.69. The maximum atomic E-state index is 11.7. The van der Waals surface area contributed by atoms with E-state index in [0.29, 0.717) is 4.57 Å². The van der Waals surface area contributed by atoms with Crippen molar-refractivity contribution in [1.29, 1.82) is 0 Å². The van der Waals surface area contributed by atoms with E-state index in [1.807, 2.05) is 9.97 Å². The third-order valence-corrected chi connectivity index (χ3v) is 2.69. The van der Waals surface area contributed by atoms with Crippen molar-refractivity contribution in [2.75, 3.05) is 6.61 Å². The van der Waals surface area contributed by atoms with Gasteiger partial charge in [-0.15, -0.1) is 0 Å². The van der Waals surface area contributed by atoms with E-state index in [9.17, 15) is 24.3 Å². The standard InChI is InChI=1S/C11H15N3O6/c1-4-11(5-15,20-7(16)6(2)3)14-9(18)12-8(17)13-10(14)19/h15H,2,4-5H2,1,3H3,(H2,12,13,17,18,19). The molecule has 110 valence electrons. The molecule has 9 heteroatoms. The summed E-state index contributed by atoms with van der Waals surface area (Å²) in [6.07, 6.45) is -0.0719. The molecule has 1 rings (SSSR count). The Morgan fingerprint density at radius 1 is 1.35 bits per heavy atom. The number of aliphatic hydroxyl groups excluding tert-OH is 1. The highest BCUT2D eigenvalue weighted by Gasteiger charge is 2.37. The van der Waals surface area contributed by atoms with E-state index in [1.165, 1.54) is 13.8 Å². The highest BCUT2D eigenvalue weighted by Crippen LogP contribution is 2.20. The van der Waals surface area contributed by atoms with Gasteiger partial charge in [-0.1, -0.05) is 13.5 Å². The number of carbonyl (C=O) groups is 1. The van der Waals surface area contributed by atoms with Crippen molar-refractivity contribution in [3.05, 3.63) is 43.6 Å². The quantitative estimate of drug-likeness (QED) is 0.440. The number of aromatic amines is 2. The minimum Gasteiger partial charge on any atom is -0.432 e. The van der Waals surface area contributed by atoms with Crippen molar-refractivity contribution >= 4 is 5.97 Å². The van der Waals surface area contributed by atoms with Crippen LogP contribution in [0.3, 0.4) is 0 Å². The van der Waals surface area contributed by atoms with Crippen molar-refractivity contribution in [2.45, 2.75) is 26.0 Å². The minimum atomic E-state index is -1.91. The van der Waals surface area contributed by atoms with Gasteiger partial charge in [0, 0.05) is 12.0 Å². The number of hydrogen-bond acceptors (Lipinski definition) is 6. The number of nitrogens with one attached hydrogen (secondary N) is 2. The molecular formula is C11H15N3O6. The van der Waals surface area contributed by atoms with Crippen molar-refractivity contribution in [2.24, 2.45) is 0 Å². The summed E-state index contributed by atoms with van der Waals surface area (Å²) in [6, 6.07) is 0. The van der Waals surface area contributed by atoms with E-state index in [-0.39, 0.29) is 12.0 Å². The monoisotopic (exact) mass is 285 g/mol. The summed E-state index contributed by atoms with van der Waals surface area (Å²) in [5.41, 5.74) is -5.06. The minimum absolute atomic E-state index is 0.0326. The van der Waals surface area contributed by atoms with Gasteiger partial charge in [-0.3, -0.25) is 9.97 Å². The third kappa shape index (κ3) is 2.77. The number of aliphatic hydroxyl groups is 1. The predicted octanol–water partition coefficient (Wildman–Crippen LogP) is -1.60. The van der Waals surface area contributed by atoms with Crippen molar-refractivity contribution in [1.82, 2.24) is 14.5 Å². The molecule has 0 saturated heterocycles. The number of ether oxygens (including phenoxy) is 1. The molecule has 0 fully saturated rings. The van der Waals surface area contributed by atoms with Gasteiger partial charge in [0.2, 0.25) is 5.72 Å². The lowest BCUT2D eigenvalue weighted by atomic mass is 10.1. The largest absolute Gasteiger partial charge is 0.432 e. The van der Waals surface area contributed by atoms with Crippen LogP contribution in [0.25, 0.3) is 0 Å². The van der Waals surface area contributed by atoms with Gasteiger partial charge in [0.15, 0.2) is 0 Å². The number of rotatable bonds is 5. The van der Waals surface area contributed by atoms with Gasteiger partial charge in [-0.25, -0.2) is 23.7 Å². The summed E-state index contributed by atoms with van der Waals surface area (Å²) in [5, 5.41) is 9.47. The fraction of sp³-hybridized carbons (Fsp3) is 0.455. The van der Waals surface area contributed by atoms with E-state index in [4.69, 9.17) is 4.74 Å². The van der Waals surface area contributed by atoms with Crippen LogP contribution in [0.5, 0.6) is 0 Å². The molecule has 0 aliphatic carbocycles. The summed E-state index contributed by atoms with van der Waals surface area (Å²) in [7, 11) is 0. The zero-order chi connectivity index (χ0) is 15.5. The second-order valence-corrected chi connectivity index (χ2v) is 4.15. The van der Waals surface area contributed by atoms with Crippen molar-refractivity contribution in [3.8, 4) is 0 Å². The molecule has 0 aliphatic rings. The lowest BCUT2D eigenvalue weighted by Crippen LogP contribution is -2.56. The summed E-state index contributed by atoms with van der Waals surface area (Å²) >= 11 is 0. The molecule has 1 heterocycles. The van der Waals surface area contributed by atoms with Crippen LogP contribution >= 0.6 is 0 Å². The molecule has 0 bridgehead atoms. The first kappa shape index (κ1) is 15.6. The molecule has 1 aromatic rings. The van der Waals surface area contributed by atoms with E-state index in [2.05, 4.69) is 6.58 Å². The first-order chi connectivity index (χ1) is 9.27. The van der Waals surface area contributed by atoms with Gasteiger partial charge in [0.05, 0.1) is 0 Å². The molecule has 9 nitrogen and oxygen atoms in total. The second kappa shape index (κ2) is 5.70. The Kier molecular flexibility index (Phi) is 4.45. The normalized spacial score (nSPS) is 13.6. The zero-order valence-electron chi connectivity index (χ0n) is 11.1.